The van der Waals surface area contributed by atoms with Crippen LogP contribution in [0.15, 0.2) is 73.3 Å². The predicted molar refractivity (Wildman–Crippen MR) is 122 cm³/mol. The van der Waals surface area contributed by atoms with Crippen molar-refractivity contribution >= 4 is 16.8 Å². The van der Waals surface area contributed by atoms with Crippen LogP contribution in [0.2, 0.25) is 0 Å². The van der Waals surface area contributed by atoms with Gasteiger partial charge in [-0.2, -0.15) is 0 Å². The minimum absolute atomic E-state index is 0.0784. The first-order valence-electron chi connectivity index (χ1n) is 10.8. The highest BCUT2D eigenvalue weighted by Gasteiger charge is 2.33. The zero-order chi connectivity index (χ0) is 21.4. The average molecular weight is 414 g/mol. The summed E-state index contributed by atoms with van der Waals surface area (Å²) in [5.74, 6) is -0.0784. The van der Waals surface area contributed by atoms with Gasteiger partial charge in [0.05, 0.1) is 24.3 Å². The van der Waals surface area contributed by atoms with E-state index in [1.807, 2.05) is 49.9 Å². The Morgan fingerprint density at radius 1 is 1.16 bits per heavy atom. The second kappa shape index (κ2) is 8.04. The van der Waals surface area contributed by atoms with E-state index in [0.29, 0.717) is 12.5 Å². The number of imidazole rings is 1. The van der Waals surface area contributed by atoms with Gasteiger partial charge in [-0.1, -0.05) is 48.5 Å². The topological polar surface area (TPSA) is 77.9 Å². The molecule has 2 aromatic carbocycles. The number of carbonyl (C=O) groups is 1. The zero-order valence-electron chi connectivity index (χ0n) is 17.6. The fourth-order valence-electron chi connectivity index (χ4n) is 4.59. The van der Waals surface area contributed by atoms with Crippen molar-refractivity contribution in [3.8, 4) is 11.3 Å². The predicted octanol–water partition coefficient (Wildman–Crippen LogP) is 3.43. The Morgan fingerprint density at radius 3 is 2.71 bits per heavy atom. The number of carbonyl (C=O) groups excluding carboxylic acids is 1. The van der Waals surface area contributed by atoms with Crippen LogP contribution < -0.4 is 11.1 Å². The van der Waals surface area contributed by atoms with E-state index in [2.05, 4.69) is 49.9 Å². The fraction of sp³-hybridized carbons (Fsp3) is 0.280. The molecule has 1 amide bonds. The van der Waals surface area contributed by atoms with Gasteiger partial charge in [0.25, 0.3) is 0 Å². The number of fused-ring (bicyclic) bond motifs is 1. The van der Waals surface area contributed by atoms with Crippen molar-refractivity contribution in [3.63, 3.8) is 0 Å². The van der Waals surface area contributed by atoms with E-state index >= 15 is 0 Å². The summed E-state index contributed by atoms with van der Waals surface area (Å²) >= 11 is 0. The molecule has 1 aliphatic rings. The molecule has 0 aliphatic heterocycles. The van der Waals surface area contributed by atoms with E-state index in [0.717, 1.165) is 40.6 Å². The summed E-state index contributed by atoms with van der Waals surface area (Å²) in [6.07, 6.45) is 8.18. The molecule has 6 nitrogen and oxygen atoms in total. The quantitative estimate of drug-likeness (QED) is 0.508. The summed E-state index contributed by atoms with van der Waals surface area (Å²) in [6, 6.07) is 18.4. The highest BCUT2D eigenvalue weighted by Crippen LogP contribution is 2.35. The van der Waals surface area contributed by atoms with Gasteiger partial charge < -0.3 is 20.2 Å². The minimum atomic E-state index is -0.557. The number of aryl methyl sites for hydroxylation is 1. The summed E-state index contributed by atoms with van der Waals surface area (Å²) in [6.45, 7) is 0. The first kappa shape index (κ1) is 19.6. The van der Waals surface area contributed by atoms with E-state index in [1.165, 1.54) is 0 Å². The number of aromatic nitrogens is 3. The first-order chi connectivity index (χ1) is 15.1. The lowest BCUT2D eigenvalue weighted by atomic mass is 9.86. The third-order valence-electron chi connectivity index (χ3n) is 6.34. The highest BCUT2D eigenvalue weighted by atomic mass is 16.2. The van der Waals surface area contributed by atoms with Crippen LogP contribution in [-0.4, -0.2) is 32.1 Å². The molecule has 2 heterocycles. The van der Waals surface area contributed by atoms with Crippen molar-refractivity contribution < 1.29 is 4.79 Å². The third-order valence-corrected chi connectivity index (χ3v) is 6.34. The van der Waals surface area contributed by atoms with Gasteiger partial charge in [0.1, 0.15) is 0 Å². The number of para-hydroxylation sites is 1. The van der Waals surface area contributed by atoms with Crippen LogP contribution in [-0.2, 0) is 18.3 Å². The number of hydrogen-bond donors (Lipinski definition) is 2. The fourth-order valence-corrected chi connectivity index (χ4v) is 4.59. The second-order valence-corrected chi connectivity index (χ2v) is 8.48. The molecule has 0 spiro atoms. The monoisotopic (exact) mass is 413 g/mol. The Kier molecular flexibility index (Phi) is 5.08. The van der Waals surface area contributed by atoms with E-state index in [-0.39, 0.29) is 11.9 Å². The maximum Gasteiger partial charge on any atom is 0.237 e. The number of nitrogens with one attached hydrogen (secondary N) is 1. The number of nitrogens with two attached hydrogens (primary N) is 1. The Labute approximate surface area is 181 Å². The first-order valence-corrected chi connectivity index (χ1v) is 10.8. The van der Waals surface area contributed by atoms with Crippen molar-refractivity contribution in [1.29, 1.82) is 0 Å². The van der Waals surface area contributed by atoms with Gasteiger partial charge in [0, 0.05) is 36.2 Å². The molecule has 1 saturated carbocycles. The Bertz CT molecular complexity index is 1200. The molecule has 1 atom stereocenters. The van der Waals surface area contributed by atoms with Crippen molar-refractivity contribution in [3.05, 3.63) is 78.9 Å². The standard InChI is InChI=1S/C25H27N5O/c1-29-15-18(21-9-5-6-10-23(21)29)11-22(26)25(31)28-19-12-20(13-19)30-16-27-14-24(30)17-7-3-2-4-8-17/h2-10,14-16,19-20,22H,11-13,26H2,1H3,(H,28,31). The molecular formula is C25H27N5O. The van der Waals surface area contributed by atoms with E-state index < -0.39 is 6.04 Å². The summed E-state index contributed by atoms with van der Waals surface area (Å²) in [5, 5.41) is 4.30. The van der Waals surface area contributed by atoms with E-state index in [9.17, 15) is 4.79 Å². The summed E-state index contributed by atoms with van der Waals surface area (Å²) < 4.78 is 4.30. The SMILES string of the molecule is Cn1cc(CC(N)C(=O)NC2CC(n3cncc3-c3ccccc3)C2)c2ccccc21. The lowest BCUT2D eigenvalue weighted by Crippen LogP contribution is -2.51. The molecular weight excluding hydrogens is 386 g/mol. The number of amides is 1. The molecule has 2 aromatic heterocycles. The van der Waals surface area contributed by atoms with Gasteiger partial charge in [0.2, 0.25) is 5.91 Å². The summed E-state index contributed by atoms with van der Waals surface area (Å²) in [4.78, 5) is 17.1. The van der Waals surface area contributed by atoms with Crippen LogP contribution in [0.25, 0.3) is 22.2 Å². The molecule has 3 N–H and O–H groups in total. The Balaban J connectivity index is 1.19. The molecule has 0 radical (unpaired) electrons. The van der Waals surface area contributed by atoms with Crippen LogP contribution in [0.5, 0.6) is 0 Å². The summed E-state index contributed by atoms with van der Waals surface area (Å²) in [7, 11) is 2.02. The lowest BCUT2D eigenvalue weighted by Gasteiger charge is -2.38. The van der Waals surface area contributed by atoms with Crippen molar-refractivity contribution in [2.24, 2.45) is 12.8 Å². The minimum Gasteiger partial charge on any atom is -0.352 e. The smallest absolute Gasteiger partial charge is 0.237 e. The molecule has 31 heavy (non-hydrogen) atoms. The van der Waals surface area contributed by atoms with Crippen LogP contribution in [0, 0.1) is 0 Å². The Morgan fingerprint density at radius 2 is 1.90 bits per heavy atom. The number of rotatable bonds is 6. The largest absolute Gasteiger partial charge is 0.352 e. The van der Waals surface area contributed by atoms with Crippen molar-refractivity contribution in [1.82, 2.24) is 19.4 Å². The normalized spacial score (nSPS) is 19.2. The van der Waals surface area contributed by atoms with Gasteiger partial charge in [-0.15, -0.1) is 0 Å². The molecule has 4 aromatic rings. The van der Waals surface area contributed by atoms with Crippen molar-refractivity contribution in [2.75, 3.05) is 0 Å². The van der Waals surface area contributed by atoms with Gasteiger partial charge in [-0.3, -0.25) is 4.79 Å². The van der Waals surface area contributed by atoms with Gasteiger partial charge in [0.15, 0.2) is 0 Å². The lowest BCUT2D eigenvalue weighted by molar-refractivity contribution is -0.123. The number of benzene rings is 2. The zero-order valence-corrected chi connectivity index (χ0v) is 17.6. The maximum absolute atomic E-state index is 12.7. The molecule has 0 bridgehead atoms. The van der Waals surface area contributed by atoms with Crippen LogP contribution >= 0.6 is 0 Å². The molecule has 0 saturated heterocycles. The van der Waals surface area contributed by atoms with E-state index in [4.69, 9.17) is 5.73 Å². The van der Waals surface area contributed by atoms with Crippen LogP contribution in [0.4, 0.5) is 0 Å². The van der Waals surface area contributed by atoms with Crippen molar-refractivity contribution in [2.45, 2.75) is 37.4 Å². The van der Waals surface area contributed by atoms with Gasteiger partial charge in [-0.25, -0.2) is 4.98 Å². The van der Waals surface area contributed by atoms with Crippen LogP contribution in [0.3, 0.4) is 0 Å². The average Bonchev–Trinajstić information content (AvgIpc) is 3.36. The van der Waals surface area contributed by atoms with E-state index in [1.54, 1.807) is 0 Å². The molecule has 1 fully saturated rings. The Hall–Kier alpha value is -3.38. The number of nitrogens with zero attached hydrogens (tertiary/aromatic N) is 3. The van der Waals surface area contributed by atoms with Crippen LogP contribution in [0.1, 0.15) is 24.4 Å². The number of hydrogen-bond acceptors (Lipinski definition) is 3. The summed E-state index contributed by atoms with van der Waals surface area (Å²) in [5.41, 5.74) is 10.8. The molecule has 158 valence electrons. The van der Waals surface area contributed by atoms with Gasteiger partial charge in [-0.05, 0) is 36.5 Å². The third kappa shape index (κ3) is 3.75. The maximum atomic E-state index is 12.7. The second-order valence-electron chi connectivity index (χ2n) is 8.48. The molecule has 5 rings (SSSR count). The molecule has 1 aliphatic carbocycles. The van der Waals surface area contributed by atoms with Gasteiger partial charge >= 0.3 is 0 Å². The highest BCUT2D eigenvalue weighted by molar-refractivity contribution is 5.86. The molecule has 1 unspecified atom stereocenters. The molecule has 6 heteroatoms.